The van der Waals surface area contributed by atoms with Crippen molar-refractivity contribution in [1.29, 1.82) is 0 Å². The highest BCUT2D eigenvalue weighted by molar-refractivity contribution is 5.90. The molecule has 26 heavy (non-hydrogen) atoms. The van der Waals surface area contributed by atoms with E-state index in [-0.39, 0.29) is 12.1 Å². The molecule has 0 aliphatic rings. The highest BCUT2D eigenvalue weighted by atomic mass is 16.6. The van der Waals surface area contributed by atoms with Crippen molar-refractivity contribution in [2.45, 2.75) is 45.2 Å². The average molecular weight is 365 g/mol. The summed E-state index contributed by atoms with van der Waals surface area (Å²) in [6.45, 7) is 3.35. The predicted octanol–water partition coefficient (Wildman–Crippen LogP) is 1.10. The van der Waals surface area contributed by atoms with E-state index >= 15 is 0 Å². The summed E-state index contributed by atoms with van der Waals surface area (Å²) in [4.78, 5) is 46.1. The molecule has 0 unspecified atom stereocenters. The molecule has 9 nitrogen and oxygen atoms in total. The third-order valence-corrected chi connectivity index (χ3v) is 3.64. The Hall–Kier alpha value is -2.97. The number of benzene rings is 1. The van der Waals surface area contributed by atoms with Gasteiger partial charge in [-0.2, -0.15) is 0 Å². The molecule has 0 saturated heterocycles. The number of nitrogens with zero attached hydrogens (tertiary/aromatic N) is 1. The number of nitrogens with one attached hydrogen (secondary N) is 2. The van der Waals surface area contributed by atoms with Gasteiger partial charge in [-0.1, -0.05) is 25.5 Å². The van der Waals surface area contributed by atoms with E-state index in [0.29, 0.717) is 18.4 Å². The van der Waals surface area contributed by atoms with Crippen LogP contribution in [0, 0.1) is 10.1 Å². The topological polar surface area (TPSA) is 128 Å². The molecule has 0 spiro atoms. The summed E-state index contributed by atoms with van der Waals surface area (Å²) < 4.78 is 4.64. The van der Waals surface area contributed by atoms with Gasteiger partial charge >= 0.3 is 5.97 Å². The number of esters is 1. The van der Waals surface area contributed by atoms with Crippen LogP contribution in [0.1, 0.15) is 32.3 Å². The first-order valence-electron chi connectivity index (χ1n) is 8.19. The number of hydrogen-bond donors (Lipinski definition) is 2. The first-order chi connectivity index (χ1) is 12.3. The quantitative estimate of drug-likeness (QED) is 0.383. The van der Waals surface area contributed by atoms with Gasteiger partial charge in [0.15, 0.2) is 0 Å². The summed E-state index contributed by atoms with van der Waals surface area (Å²) in [5, 5.41) is 15.8. The zero-order valence-corrected chi connectivity index (χ0v) is 15.0. The van der Waals surface area contributed by atoms with Gasteiger partial charge in [0, 0.05) is 12.1 Å². The van der Waals surface area contributed by atoms with Crippen molar-refractivity contribution in [2.75, 3.05) is 7.11 Å². The first kappa shape index (κ1) is 21.1. The molecule has 0 aromatic heterocycles. The lowest BCUT2D eigenvalue weighted by atomic mass is 10.1. The van der Waals surface area contributed by atoms with Gasteiger partial charge in [-0.25, -0.2) is 4.79 Å². The third-order valence-electron chi connectivity index (χ3n) is 3.64. The zero-order chi connectivity index (χ0) is 19.7. The third kappa shape index (κ3) is 6.50. The van der Waals surface area contributed by atoms with Crippen LogP contribution in [-0.2, 0) is 25.5 Å². The van der Waals surface area contributed by atoms with Gasteiger partial charge in [0.25, 0.3) is 5.69 Å². The molecular formula is C17H23N3O6. The predicted molar refractivity (Wildman–Crippen MR) is 93.3 cm³/mol. The van der Waals surface area contributed by atoms with Crippen molar-refractivity contribution >= 4 is 23.5 Å². The van der Waals surface area contributed by atoms with Crippen LogP contribution >= 0.6 is 0 Å². The Morgan fingerprint density at radius 2 is 1.96 bits per heavy atom. The fourth-order valence-electron chi connectivity index (χ4n) is 2.30. The summed E-state index contributed by atoms with van der Waals surface area (Å²) >= 11 is 0. The van der Waals surface area contributed by atoms with Gasteiger partial charge in [-0.15, -0.1) is 0 Å². The van der Waals surface area contributed by atoms with Crippen LogP contribution in [-0.4, -0.2) is 41.9 Å². The number of rotatable bonds is 9. The molecule has 0 heterocycles. The number of nitro groups is 1. The largest absolute Gasteiger partial charge is 0.467 e. The van der Waals surface area contributed by atoms with Crippen molar-refractivity contribution < 1.29 is 24.0 Å². The van der Waals surface area contributed by atoms with Gasteiger partial charge in [0.1, 0.15) is 12.1 Å². The Labute approximate surface area is 151 Å². The van der Waals surface area contributed by atoms with E-state index in [0.717, 1.165) is 0 Å². The number of amides is 2. The molecule has 142 valence electrons. The van der Waals surface area contributed by atoms with Crippen molar-refractivity contribution in [3.8, 4) is 0 Å². The van der Waals surface area contributed by atoms with Gasteiger partial charge in [0.2, 0.25) is 11.8 Å². The molecule has 2 amide bonds. The molecule has 0 bridgehead atoms. The minimum absolute atomic E-state index is 0.102. The molecule has 0 aliphatic heterocycles. The smallest absolute Gasteiger partial charge is 0.328 e. The fourth-order valence-corrected chi connectivity index (χ4v) is 2.30. The van der Waals surface area contributed by atoms with Crippen LogP contribution in [0.5, 0.6) is 0 Å². The number of methoxy groups -OCH3 is 1. The summed E-state index contributed by atoms with van der Waals surface area (Å²) in [7, 11) is 1.24. The molecule has 0 fully saturated rings. The van der Waals surface area contributed by atoms with E-state index in [9.17, 15) is 24.5 Å². The van der Waals surface area contributed by atoms with Gasteiger partial charge in [-0.05, 0) is 18.9 Å². The Morgan fingerprint density at radius 3 is 2.54 bits per heavy atom. The second-order valence-corrected chi connectivity index (χ2v) is 5.77. The Kier molecular flexibility index (Phi) is 8.20. The number of carbonyl (C=O) groups is 3. The second kappa shape index (κ2) is 10.1. The molecule has 1 aromatic carbocycles. The van der Waals surface area contributed by atoms with Crippen molar-refractivity contribution in [2.24, 2.45) is 0 Å². The molecule has 0 saturated carbocycles. The normalized spacial score (nSPS) is 12.6. The van der Waals surface area contributed by atoms with Crippen LogP contribution in [0.25, 0.3) is 0 Å². The highest BCUT2D eigenvalue weighted by Crippen LogP contribution is 2.13. The fraction of sp³-hybridized carbons (Fsp3) is 0.471. The zero-order valence-electron chi connectivity index (χ0n) is 15.0. The lowest BCUT2D eigenvalue weighted by Gasteiger charge is -2.19. The van der Waals surface area contributed by atoms with E-state index in [4.69, 9.17) is 0 Å². The number of ether oxygens (including phenoxy) is 1. The van der Waals surface area contributed by atoms with Gasteiger partial charge in [0.05, 0.1) is 18.5 Å². The van der Waals surface area contributed by atoms with E-state index in [1.807, 2.05) is 6.92 Å². The first-order valence-corrected chi connectivity index (χ1v) is 8.19. The minimum Gasteiger partial charge on any atom is -0.467 e. The summed E-state index contributed by atoms with van der Waals surface area (Å²) in [5.41, 5.74) is 0.351. The van der Waals surface area contributed by atoms with Gasteiger partial charge < -0.3 is 15.4 Å². The molecule has 2 atom stereocenters. The van der Waals surface area contributed by atoms with Crippen molar-refractivity contribution in [1.82, 2.24) is 10.6 Å². The lowest BCUT2D eigenvalue weighted by molar-refractivity contribution is -0.384. The van der Waals surface area contributed by atoms with E-state index in [2.05, 4.69) is 15.4 Å². The number of nitro benzene ring substituents is 1. The SMILES string of the molecule is CCC[C@H](NC(=O)[C@H](C)NC(=O)Cc1cccc([N+](=O)[O-])c1)C(=O)OC. The summed E-state index contributed by atoms with van der Waals surface area (Å²) in [6, 6.07) is 4.07. The standard InChI is InChI=1S/C17H23N3O6/c1-4-6-14(17(23)26-3)19-16(22)11(2)18-15(21)10-12-7-5-8-13(9-12)20(24)25/h5,7-9,11,14H,4,6,10H2,1-3H3,(H,18,21)(H,19,22)/t11-,14-/m0/s1. The van der Waals surface area contributed by atoms with Crippen molar-refractivity contribution in [3.05, 3.63) is 39.9 Å². The number of carbonyl (C=O) groups excluding carboxylic acids is 3. The summed E-state index contributed by atoms with van der Waals surface area (Å²) in [6.07, 6.45) is 0.995. The lowest BCUT2D eigenvalue weighted by Crippen LogP contribution is -2.50. The maximum absolute atomic E-state index is 12.2. The number of hydrogen-bond acceptors (Lipinski definition) is 6. The maximum Gasteiger partial charge on any atom is 0.328 e. The molecule has 9 heteroatoms. The Morgan fingerprint density at radius 1 is 1.27 bits per heavy atom. The Bertz CT molecular complexity index is 676. The monoisotopic (exact) mass is 365 g/mol. The van der Waals surface area contributed by atoms with Crippen LogP contribution in [0.4, 0.5) is 5.69 Å². The van der Waals surface area contributed by atoms with Crippen LogP contribution < -0.4 is 10.6 Å². The second-order valence-electron chi connectivity index (χ2n) is 5.77. The highest BCUT2D eigenvalue weighted by Gasteiger charge is 2.24. The maximum atomic E-state index is 12.2. The van der Waals surface area contributed by atoms with Crippen LogP contribution in [0.3, 0.4) is 0 Å². The minimum atomic E-state index is -0.870. The van der Waals surface area contributed by atoms with E-state index in [1.165, 1.54) is 32.2 Å². The van der Waals surface area contributed by atoms with E-state index < -0.39 is 34.8 Å². The van der Waals surface area contributed by atoms with Crippen LogP contribution in [0.15, 0.2) is 24.3 Å². The molecular weight excluding hydrogens is 342 g/mol. The molecule has 2 N–H and O–H groups in total. The van der Waals surface area contributed by atoms with Crippen LogP contribution in [0.2, 0.25) is 0 Å². The number of non-ortho nitro benzene ring substituents is 1. The molecule has 1 rings (SSSR count). The Balaban J connectivity index is 2.62. The van der Waals surface area contributed by atoms with E-state index in [1.54, 1.807) is 6.07 Å². The van der Waals surface area contributed by atoms with Gasteiger partial charge in [-0.3, -0.25) is 19.7 Å². The average Bonchev–Trinajstić information content (AvgIpc) is 2.60. The molecule has 0 radical (unpaired) electrons. The van der Waals surface area contributed by atoms with Crippen molar-refractivity contribution in [3.63, 3.8) is 0 Å². The summed E-state index contributed by atoms with van der Waals surface area (Å²) in [5.74, 6) is -1.52. The molecule has 1 aromatic rings. The molecule has 0 aliphatic carbocycles.